The Morgan fingerprint density at radius 1 is 1.39 bits per heavy atom. The van der Waals surface area contributed by atoms with E-state index in [1.54, 1.807) is 0 Å². The van der Waals surface area contributed by atoms with Gasteiger partial charge in [-0.2, -0.15) is 0 Å². The van der Waals surface area contributed by atoms with Gasteiger partial charge in [-0.15, -0.1) is 0 Å². The summed E-state index contributed by atoms with van der Waals surface area (Å²) >= 11 is 0. The molecule has 1 atom stereocenters. The fraction of sp³-hybridized carbons (Fsp3) is 0.533. The van der Waals surface area contributed by atoms with Gasteiger partial charge in [-0.25, -0.2) is 0 Å². The van der Waals surface area contributed by atoms with Crippen molar-refractivity contribution in [2.24, 2.45) is 11.7 Å². The molecular weight excluding hydrogens is 224 g/mol. The highest BCUT2D eigenvalue weighted by Gasteiger charge is 2.19. The average Bonchev–Trinajstić information content (AvgIpc) is 2.82. The van der Waals surface area contributed by atoms with Crippen LogP contribution in [-0.2, 0) is 4.79 Å². The van der Waals surface area contributed by atoms with E-state index < -0.39 is 0 Å². The molecule has 18 heavy (non-hydrogen) atoms. The molecule has 1 unspecified atom stereocenters. The average molecular weight is 246 g/mol. The highest BCUT2D eigenvalue weighted by Crippen LogP contribution is 2.28. The second-order valence-electron chi connectivity index (χ2n) is 5.28. The van der Waals surface area contributed by atoms with Crippen molar-refractivity contribution in [1.82, 2.24) is 0 Å². The lowest BCUT2D eigenvalue weighted by Crippen LogP contribution is -2.17. The number of hydrogen-bond donors (Lipinski definition) is 2. The maximum absolute atomic E-state index is 12.0. The Morgan fingerprint density at radius 2 is 2.06 bits per heavy atom. The minimum Gasteiger partial charge on any atom is -0.326 e. The van der Waals surface area contributed by atoms with E-state index >= 15 is 0 Å². The molecule has 0 heterocycles. The van der Waals surface area contributed by atoms with E-state index in [2.05, 4.69) is 5.32 Å². The molecule has 1 aromatic rings. The third-order valence-electron chi connectivity index (χ3n) is 3.67. The molecule has 0 saturated heterocycles. The van der Waals surface area contributed by atoms with Gasteiger partial charge in [-0.3, -0.25) is 4.79 Å². The Labute approximate surface area is 109 Å². The van der Waals surface area contributed by atoms with E-state index in [-0.39, 0.29) is 11.9 Å². The molecule has 3 heteroatoms. The van der Waals surface area contributed by atoms with E-state index in [1.165, 1.54) is 25.7 Å². The maximum atomic E-state index is 12.0. The number of para-hydroxylation sites is 1. The highest BCUT2D eigenvalue weighted by molar-refractivity contribution is 5.91. The molecule has 2 rings (SSSR count). The number of carbonyl (C=O) groups excluding carboxylic acids is 1. The number of nitrogens with two attached hydrogens (primary N) is 1. The van der Waals surface area contributed by atoms with Crippen molar-refractivity contribution in [3.05, 3.63) is 29.8 Å². The number of nitrogens with one attached hydrogen (secondary N) is 1. The lowest BCUT2D eigenvalue weighted by molar-refractivity contribution is -0.117. The van der Waals surface area contributed by atoms with Gasteiger partial charge in [0.2, 0.25) is 5.91 Å². The Kier molecular flexibility index (Phi) is 4.37. The first kappa shape index (κ1) is 13.1. The van der Waals surface area contributed by atoms with Gasteiger partial charge in [0, 0.05) is 18.2 Å². The summed E-state index contributed by atoms with van der Waals surface area (Å²) in [6.45, 7) is 1.93. The number of anilines is 1. The quantitative estimate of drug-likeness (QED) is 0.857. The SMILES string of the molecule is CC(N)c1ccccc1NC(=O)CC1CCCC1. The summed E-state index contributed by atoms with van der Waals surface area (Å²) in [5, 5.41) is 3.00. The third kappa shape index (κ3) is 3.33. The number of carbonyl (C=O) groups is 1. The van der Waals surface area contributed by atoms with Gasteiger partial charge in [0.25, 0.3) is 0 Å². The molecule has 0 bridgehead atoms. The van der Waals surface area contributed by atoms with Crippen molar-refractivity contribution < 1.29 is 4.79 Å². The molecule has 1 aliphatic rings. The first-order valence-electron chi connectivity index (χ1n) is 6.81. The summed E-state index contributed by atoms with van der Waals surface area (Å²) in [6, 6.07) is 7.71. The van der Waals surface area contributed by atoms with Crippen LogP contribution in [0, 0.1) is 5.92 Å². The van der Waals surface area contributed by atoms with Crippen molar-refractivity contribution >= 4 is 11.6 Å². The van der Waals surface area contributed by atoms with Crippen molar-refractivity contribution in [3.63, 3.8) is 0 Å². The number of benzene rings is 1. The van der Waals surface area contributed by atoms with Crippen molar-refractivity contribution in [2.75, 3.05) is 5.32 Å². The molecule has 1 fully saturated rings. The van der Waals surface area contributed by atoms with Crippen LogP contribution in [-0.4, -0.2) is 5.91 Å². The molecule has 0 spiro atoms. The van der Waals surface area contributed by atoms with Crippen molar-refractivity contribution in [1.29, 1.82) is 0 Å². The van der Waals surface area contributed by atoms with Crippen LogP contribution in [0.2, 0.25) is 0 Å². The van der Waals surface area contributed by atoms with Gasteiger partial charge in [0.05, 0.1) is 0 Å². The molecule has 1 saturated carbocycles. The Balaban J connectivity index is 1.97. The molecule has 0 radical (unpaired) electrons. The molecule has 1 aliphatic carbocycles. The van der Waals surface area contributed by atoms with Crippen molar-refractivity contribution in [2.45, 2.75) is 45.1 Å². The Hall–Kier alpha value is -1.35. The minimum absolute atomic E-state index is 0.0621. The highest BCUT2D eigenvalue weighted by atomic mass is 16.1. The molecular formula is C15H22N2O. The summed E-state index contributed by atoms with van der Waals surface area (Å²) in [7, 11) is 0. The van der Waals surface area contributed by atoms with Crippen LogP contribution in [0.25, 0.3) is 0 Å². The van der Waals surface area contributed by atoms with Gasteiger partial charge >= 0.3 is 0 Å². The van der Waals surface area contributed by atoms with E-state index in [0.29, 0.717) is 12.3 Å². The van der Waals surface area contributed by atoms with E-state index in [1.807, 2.05) is 31.2 Å². The van der Waals surface area contributed by atoms with Crippen LogP contribution >= 0.6 is 0 Å². The summed E-state index contributed by atoms with van der Waals surface area (Å²) < 4.78 is 0. The number of amides is 1. The molecule has 1 amide bonds. The summed E-state index contributed by atoms with van der Waals surface area (Å²) in [5.41, 5.74) is 7.76. The normalized spacial score (nSPS) is 17.7. The van der Waals surface area contributed by atoms with E-state index in [0.717, 1.165) is 11.3 Å². The zero-order valence-corrected chi connectivity index (χ0v) is 11.0. The van der Waals surface area contributed by atoms with Crippen molar-refractivity contribution in [3.8, 4) is 0 Å². The standard InChI is InChI=1S/C15H22N2O/c1-11(16)13-8-4-5-9-14(13)17-15(18)10-12-6-2-3-7-12/h4-5,8-9,11-12H,2-3,6-7,10,16H2,1H3,(H,17,18). The smallest absolute Gasteiger partial charge is 0.224 e. The first-order valence-corrected chi connectivity index (χ1v) is 6.81. The lowest BCUT2D eigenvalue weighted by atomic mass is 10.0. The number of rotatable bonds is 4. The maximum Gasteiger partial charge on any atom is 0.224 e. The second-order valence-corrected chi connectivity index (χ2v) is 5.28. The lowest BCUT2D eigenvalue weighted by Gasteiger charge is -2.15. The summed E-state index contributed by atoms with van der Waals surface area (Å²) in [4.78, 5) is 12.0. The van der Waals surface area contributed by atoms with E-state index in [9.17, 15) is 4.79 Å². The molecule has 1 aromatic carbocycles. The Morgan fingerprint density at radius 3 is 2.72 bits per heavy atom. The first-order chi connectivity index (χ1) is 8.66. The van der Waals surface area contributed by atoms with Gasteiger partial charge in [0.15, 0.2) is 0 Å². The van der Waals surface area contributed by atoms with Gasteiger partial charge in [-0.05, 0) is 37.3 Å². The molecule has 0 aliphatic heterocycles. The Bertz CT molecular complexity index is 409. The van der Waals surface area contributed by atoms with Gasteiger partial charge in [0.1, 0.15) is 0 Å². The zero-order valence-electron chi connectivity index (χ0n) is 11.0. The summed E-state index contributed by atoms with van der Waals surface area (Å²) in [6.07, 6.45) is 5.58. The zero-order chi connectivity index (χ0) is 13.0. The van der Waals surface area contributed by atoms with Crippen LogP contribution in [0.4, 0.5) is 5.69 Å². The third-order valence-corrected chi connectivity index (χ3v) is 3.67. The van der Waals surface area contributed by atoms with Crippen LogP contribution in [0.15, 0.2) is 24.3 Å². The molecule has 3 nitrogen and oxygen atoms in total. The fourth-order valence-corrected chi connectivity index (χ4v) is 2.69. The molecule has 3 N–H and O–H groups in total. The number of hydrogen-bond acceptors (Lipinski definition) is 2. The topological polar surface area (TPSA) is 55.1 Å². The largest absolute Gasteiger partial charge is 0.326 e. The predicted molar refractivity (Wildman–Crippen MR) is 74.2 cm³/mol. The van der Waals surface area contributed by atoms with Gasteiger partial charge < -0.3 is 11.1 Å². The van der Waals surface area contributed by atoms with Crippen LogP contribution in [0.3, 0.4) is 0 Å². The van der Waals surface area contributed by atoms with Crippen LogP contribution in [0.1, 0.15) is 50.6 Å². The second kappa shape index (κ2) is 6.01. The minimum atomic E-state index is -0.0621. The monoisotopic (exact) mass is 246 g/mol. The predicted octanol–water partition coefficient (Wildman–Crippen LogP) is 3.23. The van der Waals surface area contributed by atoms with E-state index in [4.69, 9.17) is 5.73 Å². The van der Waals surface area contributed by atoms with Gasteiger partial charge in [-0.1, -0.05) is 31.0 Å². The fourth-order valence-electron chi connectivity index (χ4n) is 2.69. The summed E-state index contributed by atoms with van der Waals surface area (Å²) in [5.74, 6) is 0.697. The van der Waals surface area contributed by atoms with Crippen LogP contribution < -0.4 is 11.1 Å². The molecule has 0 aromatic heterocycles. The molecule has 98 valence electrons. The van der Waals surface area contributed by atoms with Crippen LogP contribution in [0.5, 0.6) is 0 Å².